The highest BCUT2D eigenvalue weighted by Gasteiger charge is 2.39. The van der Waals surface area contributed by atoms with E-state index in [4.69, 9.17) is 0 Å². The second-order valence-corrected chi connectivity index (χ2v) is 6.80. The van der Waals surface area contributed by atoms with Crippen LogP contribution in [0.3, 0.4) is 0 Å². The Hall–Kier alpha value is -0.820. The molecule has 1 saturated heterocycles. The molecule has 0 unspecified atom stereocenters. The molecule has 106 valence electrons. The van der Waals surface area contributed by atoms with Gasteiger partial charge in [-0.25, -0.2) is 0 Å². The smallest absolute Gasteiger partial charge is 0.0233 e. The fraction of sp³-hybridized carbons (Fsp3) is 0.667. The van der Waals surface area contributed by atoms with Crippen molar-refractivity contribution >= 4 is 0 Å². The summed E-state index contributed by atoms with van der Waals surface area (Å²) in [6.07, 6.45) is 2.71. The number of rotatable bonds is 4. The molecule has 0 spiro atoms. The molecule has 0 aliphatic carbocycles. The van der Waals surface area contributed by atoms with E-state index in [1.807, 2.05) is 0 Å². The van der Waals surface area contributed by atoms with Crippen molar-refractivity contribution in [2.24, 2.45) is 17.3 Å². The number of benzene rings is 1. The molecule has 0 aromatic heterocycles. The van der Waals surface area contributed by atoms with Crippen LogP contribution in [0.1, 0.15) is 46.1 Å². The summed E-state index contributed by atoms with van der Waals surface area (Å²) in [7, 11) is 0. The van der Waals surface area contributed by atoms with Gasteiger partial charge in [-0.15, -0.1) is 0 Å². The molecule has 1 fully saturated rings. The van der Waals surface area contributed by atoms with Crippen molar-refractivity contribution in [2.45, 2.75) is 47.1 Å². The molecule has 0 N–H and O–H groups in total. The zero-order chi connectivity index (χ0) is 13.9. The Balaban J connectivity index is 1.95. The molecule has 1 aromatic carbocycles. The van der Waals surface area contributed by atoms with Gasteiger partial charge in [-0.3, -0.25) is 4.90 Å². The Morgan fingerprint density at radius 3 is 1.95 bits per heavy atom. The molecule has 0 atom stereocenters. The van der Waals surface area contributed by atoms with E-state index in [0.29, 0.717) is 5.41 Å². The fourth-order valence-electron chi connectivity index (χ4n) is 3.79. The van der Waals surface area contributed by atoms with Crippen molar-refractivity contribution in [1.29, 1.82) is 0 Å². The first-order valence-electron chi connectivity index (χ1n) is 7.81. The molecule has 2 rings (SSSR count). The van der Waals surface area contributed by atoms with Crippen molar-refractivity contribution < 1.29 is 0 Å². The van der Waals surface area contributed by atoms with Gasteiger partial charge < -0.3 is 0 Å². The van der Waals surface area contributed by atoms with Crippen molar-refractivity contribution in [3.8, 4) is 0 Å². The van der Waals surface area contributed by atoms with Gasteiger partial charge >= 0.3 is 0 Å². The fourth-order valence-corrected chi connectivity index (χ4v) is 3.79. The highest BCUT2D eigenvalue weighted by Crippen LogP contribution is 2.45. The van der Waals surface area contributed by atoms with Crippen LogP contribution in [0.25, 0.3) is 0 Å². The molecule has 1 heterocycles. The molecule has 0 saturated carbocycles. The summed E-state index contributed by atoms with van der Waals surface area (Å²) in [4.78, 5) is 2.62. The van der Waals surface area contributed by atoms with Crippen LogP contribution in [0.15, 0.2) is 30.3 Å². The van der Waals surface area contributed by atoms with Crippen molar-refractivity contribution in [3.05, 3.63) is 35.9 Å². The van der Waals surface area contributed by atoms with Crippen molar-refractivity contribution in [1.82, 2.24) is 4.90 Å². The van der Waals surface area contributed by atoms with Crippen LogP contribution < -0.4 is 0 Å². The van der Waals surface area contributed by atoms with E-state index < -0.39 is 0 Å². The summed E-state index contributed by atoms with van der Waals surface area (Å²) in [6, 6.07) is 10.9. The predicted octanol–water partition coefficient (Wildman–Crippen LogP) is 4.58. The molecule has 19 heavy (non-hydrogen) atoms. The van der Waals surface area contributed by atoms with Gasteiger partial charge in [-0.05, 0) is 48.7 Å². The van der Waals surface area contributed by atoms with Crippen LogP contribution in [0.5, 0.6) is 0 Å². The monoisotopic (exact) mass is 259 g/mol. The summed E-state index contributed by atoms with van der Waals surface area (Å²) in [5.41, 5.74) is 2.01. The first-order chi connectivity index (χ1) is 9.04. The SMILES string of the molecule is CC(C)C1(C(C)C)CCN(Cc2ccccc2)CC1. The lowest BCUT2D eigenvalue weighted by atomic mass is 9.63. The predicted molar refractivity (Wildman–Crippen MR) is 83.1 cm³/mol. The van der Waals surface area contributed by atoms with E-state index >= 15 is 0 Å². The van der Waals surface area contributed by atoms with E-state index in [1.165, 1.54) is 31.5 Å². The third-order valence-corrected chi connectivity index (χ3v) is 5.34. The third kappa shape index (κ3) is 3.20. The van der Waals surface area contributed by atoms with Crippen molar-refractivity contribution in [2.75, 3.05) is 13.1 Å². The topological polar surface area (TPSA) is 3.24 Å². The standard InChI is InChI=1S/C18H29N/c1-15(2)18(16(3)4)10-12-19(13-11-18)14-17-8-6-5-7-9-17/h5-9,15-16H,10-14H2,1-4H3. The van der Waals surface area contributed by atoms with E-state index in [9.17, 15) is 0 Å². The Morgan fingerprint density at radius 1 is 0.947 bits per heavy atom. The Bertz CT molecular complexity index is 362. The van der Waals surface area contributed by atoms with Crippen molar-refractivity contribution in [3.63, 3.8) is 0 Å². The van der Waals surface area contributed by atoms with Gasteiger partial charge in [0.05, 0.1) is 0 Å². The second kappa shape index (κ2) is 6.09. The van der Waals surface area contributed by atoms with Crippen LogP contribution in [0, 0.1) is 17.3 Å². The Kier molecular flexibility index (Phi) is 4.67. The van der Waals surface area contributed by atoms with Gasteiger partial charge in [0.15, 0.2) is 0 Å². The summed E-state index contributed by atoms with van der Waals surface area (Å²) < 4.78 is 0. The number of likely N-dealkylation sites (tertiary alicyclic amines) is 1. The molecule has 1 nitrogen and oxygen atoms in total. The second-order valence-electron chi connectivity index (χ2n) is 6.80. The maximum Gasteiger partial charge on any atom is 0.0233 e. The molecular formula is C18H29N. The minimum atomic E-state index is 0.563. The summed E-state index contributed by atoms with van der Waals surface area (Å²) in [5.74, 6) is 1.60. The minimum absolute atomic E-state index is 0.563. The molecule has 0 bridgehead atoms. The summed E-state index contributed by atoms with van der Waals surface area (Å²) in [6.45, 7) is 13.3. The maximum atomic E-state index is 2.62. The minimum Gasteiger partial charge on any atom is -0.299 e. The molecule has 1 heteroatoms. The molecule has 1 aliphatic rings. The quantitative estimate of drug-likeness (QED) is 0.765. The highest BCUT2D eigenvalue weighted by molar-refractivity contribution is 5.14. The van der Waals surface area contributed by atoms with Gasteiger partial charge in [-0.1, -0.05) is 58.0 Å². The first kappa shape index (κ1) is 14.6. The average Bonchev–Trinajstić information content (AvgIpc) is 2.40. The lowest BCUT2D eigenvalue weighted by Crippen LogP contribution is -2.45. The molecule has 1 aliphatic heterocycles. The van der Waals surface area contributed by atoms with Gasteiger partial charge in [0.1, 0.15) is 0 Å². The number of nitrogens with zero attached hydrogens (tertiary/aromatic N) is 1. The lowest BCUT2D eigenvalue weighted by Gasteiger charge is -2.47. The highest BCUT2D eigenvalue weighted by atomic mass is 15.1. The maximum absolute atomic E-state index is 2.62. The van der Waals surface area contributed by atoms with E-state index in [2.05, 4.69) is 62.9 Å². The number of hydrogen-bond acceptors (Lipinski definition) is 1. The van der Waals surface area contributed by atoms with Gasteiger partial charge in [0.2, 0.25) is 0 Å². The largest absolute Gasteiger partial charge is 0.299 e. The number of hydrogen-bond donors (Lipinski definition) is 0. The normalized spacial score (nSPS) is 20.1. The molecule has 0 radical (unpaired) electrons. The van der Waals surface area contributed by atoms with E-state index in [-0.39, 0.29) is 0 Å². The summed E-state index contributed by atoms with van der Waals surface area (Å²) in [5, 5.41) is 0. The first-order valence-corrected chi connectivity index (χ1v) is 7.81. The molecule has 1 aromatic rings. The lowest BCUT2D eigenvalue weighted by molar-refractivity contribution is 0.0167. The van der Waals surface area contributed by atoms with Crippen LogP contribution in [0.2, 0.25) is 0 Å². The Morgan fingerprint density at radius 2 is 1.47 bits per heavy atom. The zero-order valence-corrected chi connectivity index (χ0v) is 13.0. The van der Waals surface area contributed by atoms with E-state index in [0.717, 1.165) is 18.4 Å². The Labute approximate surface area is 119 Å². The third-order valence-electron chi connectivity index (χ3n) is 5.34. The van der Waals surface area contributed by atoms with Crippen LogP contribution in [-0.2, 0) is 6.54 Å². The molecule has 0 amide bonds. The summed E-state index contributed by atoms with van der Waals surface area (Å²) >= 11 is 0. The number of piperidine rings is 1. The average molecular weight is 259 g/mol. The van der Waals surface area contributed by atoms with E-state index in [1.54, 1.807) is 0 Å². The van der Waals surface area contributed by atoms with Crippen LogP contribution >= 0.6 is 0 Å². The van der Waals surface area contributed by atoms with Gasteiger partial charge in [-0.2, -0.15) is 0 Å². The van der Waals surface area contributed by atoms with Crippen LogP contribution in [-0.4, -0.2) is 18.0 Å². The van der Waals surface area contributed by atoms with Gasteiger partial charge in [0.25, 0.3) is 0 Å². The molecular weight excluding hydrogens is 230 g/mol. The van der Waals surface area contributed by atoms with Crippen LogP contribution in [0.4, 0.5) is 0 Å². The van der Waals surface area contributed by atoms with Gasteiger partial charge in [0, 0.05) is 6.54 Å². The zero-order valence-electron chi connectivity index (χ0n) is 13.0.